The monoisotopic (exact) mass is 211 g/mol. The van der Waals surface area contributed by atoms with E-state index in [4.69, 9.17) is 9.47 Å². The molecule has 82 valence electrons. The lowest BCUT2D eigenvalue weighted by Crippen LogP contribution is -2.33. The summed E-state index contributed by atoms with van der Waals surface area (Å²) in [6.07, 6.45) is 3.84. The van der Waals surface area contributed by atoms with Crippen LogP contribution in [0, 0.1) is 0 Å². The highest BCUT2D eigenvalue weighted by Crippen LogP contribution is 2.02. The predicted octanol–water partition coefficient (Wildman–Crippen LogP) is 0.0881. The molecule has 0 aromatic rings. The van der Waals surface area contributed by atoms with Gasteiger partial charge < -0.3 is 9.47 Å². The molecular formula is C10H13NO4. The molecule has 0 aromatic heterocycles. The molecule has 0 unspecified atom stereocenters. The first-order valence-corrected chi connectivity index (χ1v) is 4.59. The van der Waals surface area contributed by atoms with Crippen LogP contribution in [0.3, 0.4) is 0 Å². The highest BCUT2D eigenvalue weighted by atomic mass is 16.5. The summed E-state index contributed by atoms with van der Waals surface area (Å²) in [4.78, 5) is 23.3. The van der Waals surface area contributed by atoms with Gasteiger partial charge in [-0.15, -0.1) is 0 Å². The van der Waals surface area contributed by atoms with E-state index in [1.807, 2.05) is 0 Å². The minimum absolute atomic E-state index is 0.277. The number of imide groups is 1. The van der Waals surface area contributed by atoms with Crippen molar-refractivity contribution in [1.82, 2.24) is 4.90 Å². The van der Waals surface area contributed by atoms with E-state index in [0.717, 1.165) is 4.90 Å². The van der Waals surface area contributed by atoms with Gasteiger partial charge in [-0.1, -0.05) is 6.58 Å². The number of carbonyl (C=O) groups excluding carboxylic acids is 2. The number of ether oxygens (including phenoxy) is 2. The molecule has 0 fully saturated rings. The van der Waals surface area contributed by atoms with Crippen LogP contribution in [-0.4, -0.2) is 43.1 Å². The van der Waals surface area contributed by atoms with E-state index in [1.165, 1.54) is 18.4 Å². The van der Waals surface area contributed by atoms with Gasteiger partial charge in [0.1, 0.15) is 6.61 Å². The molecule has 1 heterocycles. The molecule has 0 aliphatic carbocycles. The van der Waals surface area contributed by atoms with Crippen molar-refractivity contribution in [3.8, 4) is 0 Å². The second-order valence-corrected chi connectivity index (χ2v) is 2.81. The van der Waals surface area contributed by atoms with E-state index < -0.39 is 0 Å². The second-order valence-electron chi connectivity index (χ2n) is 2.81. The fraction of sp³-hybridized carbons (Fsp3) is 0.400. The molecule has 1 aliphatic rings. The lowest BCUT2D eigenvalue weighted by atomic mass is 10.5. The van der Waals surface area contributed by atoms with Gasteiger partial charge in [-0.3, -0.25) is 14.5 Å². The Kier molecular flexibility index (Phi) is 4.56. The molecule has 2 amide bonds. The molecule has 0 bridgehead atoms. The van der Waals surface area contributed by atoms with Crippen LogP contribution < -0.4 is 0 Å². The molecule has 0 aromatic carbocycles. The van der Waals surface area contributed by atoms with Gasteiger partial charge in [0.05, 0.1) is 26.0 Å². The fourth-order valence-corrected chi connectivity index (χ4v) is 1.10. The SMILES string of the molecule is C=COCCOCCN1C(=O)C=CC1=O. The van der Waals surface area contributed by atoms with E-state index in [0.29, 0.717) is 19.8 Å². The van der Waals surface area contributed by atoms with Crippen LogP contribution in [-0.2, 0) is 19.1 Å². The van der Waals surface area contributed by atoms with Gasteiger partial charge in [0, 0.05) is 12.2 Å². The van der Waals surface area contributed by atoms with E-state index >= 15 is 0 Å². The lowest BCUT2D eigenvalue weighted by molar-refractivity contribution is -0.137. The summed E-state index contributed by atoms with van der Waals surface area (Å²) in [5.74, 6) is -0.572. The van der Waals surface area contributed by atoms with Crippen molar-refractivity contribution in [1.29, 1.82) is 0 Å². The van der Waals surface area contributed by atoms with Gasteiger partial charge in [-0.2, -0.15) is 0 Å². The minimum Gasteiger partial charge on any atom is -0.499 e. The molecule has 1 aliphatic heterocycles. The number of amides is 2. The van der Waals surface area contributed by atoms with Crippen LogP contribution >= 0.6 is 0 Å². The van der Waals surface area contributed by atoms with Gasteiger partial charge in [-0.25, -0.2) is 0 Å². The maximum atomic E-state index is 11.1. The fourth-order valence-electron chi connectivity index (χ4n) is 1.10. The van der Waals surface area contributed by atoms with Crippen molar-refractivity contribution in [2.45, 2.75) is 0 Å². The van der Waals surface area contributed by atoms with E-state index in [1.54, 1.807) is 0 Å². The highest BCUT2D eigenvalue weighted by Gasteiger charge is 2.22. The third-order valence-corrected chi connectivity index (χ3v) is 1.82. The van der Waals surface area contributed by atoms with Crippen molar-refractivity contribution in [2.24, 2.45) is 0 Å². The molecule has 0 atom stereocenters. The number of hydrogen-bond acceptors (Lipinski definition) is 4. The number of carbonyl (C=O) groups is 2. The molecular weight excluding hydrogens is 198 g/mol. The third-order valence-electron chi connectivity index (χ3n) is 1.82. The van der Waals surface area contributed by atoms with Crippen molar-refractivity contribution >= 4 is 11.8 Å². The summed E-state index contributed by atoms with van der Waals surface area (Å²) in [6, 6.07) is 0. The van der Waals surface area contributed by atoms with Gasteiger partial charge >= 0.3 is 0 Å². The van der Waals surface area contributed by atoms with Crippen LogP contribution in [0.2, 0.25) is 0 Å². The van der Waals surface area contributed by atoms with Crippen molar-refractivity contribution < 1.29 is 19.1 Å². The van der Waals surface area contributed by atoms with Gasteiger partial charge in [-0.05, 0) is 0 Å². The average Bonchev–Trinajstić information content (AvgIpc) is 2.54. The minimum atomic E-state index is -0.286. The van der Waals surface area contributed by atoms with Crippen molar-refractivity contribution in [2.75, 3.05) is 26.4 Å². The van der Waals surface area contributed by atoms with E-state index in [9.17, 15) is 9.59 Å². The number of rotatable bonds is 7. The van der Waals surface area contributed by atoms with Crippen molar-refractivity contribution in [3.05, 3.63) is 25.0 Å². The Morgan fingerprint density at radius 2 is 1.87 bits per heavy atom. The third kappa shape index (κ3) is 3.55. The summed E-state index contributed by atoms with van der Waals surface area (Å²) in [5.41, 5.74) is 0. The van der Waals surface area contributed by atoms with Crippen LogP contribution in [0.25, 0.3) is 0 Å². The molecule has 0 radical (unpaired) electrons. The first-order chi connectivity index (χ1) is 7.25. The Morgan fingerprint density at radius 1 is 1.20 bits per heavy atom. The van der Waals surface area contributed by atoms with Crippen LogP contribution in [0.5, 0.6) is 0 Å². The topological polar surface area (TPSA) is 55.8 Å². The summed E-state index contributed by atoms with van der Waals surface area (Å²) >= 11 is 0. The smallest absolute Gasteiger partial charge is 0.253 e. The largest absolute Gasteiger partial charge is 0.499 e. The van der Waals surface area contributed by atoms with E-state index in [2.05, 4.69) is 6.58 Å². The first-order valence-electron chi connectivity index (χ1n) is 4.59. The summed E-state index contributed by atoms with van der Waals surface area (Å²) in [6.45, 7) is 4.81. The molecule has 0 saturated heterocycles. The maximum Gasteiger partial charge on any atom is 0.253 e. The maximum absolute atomic E-state index is 11.1. The Balaban J connectivity index is 2.08. The Hall–Kier alpha value is -1.62. The molecule has 1 rings (SSSR count). The Bertz CT molecular complexity index is 267. The standard InChI is InChI=1S/C10H13NO4/c1-2-14-7-8-15-6-5-11-9(12)3-4-10(11)13/h2-4H,1,5-8H2. The second kappa shape index (κ2) is 5.98. The first kappa shape index (κ1) is 11.5. The molecule has 0 saturated carbocycles. The highest BCUT2D eigenvalue weighted by molar-refractivity contribution is 6.12. The van der Waals surface area contributed by atoms with Gasteiger partial charge in [0.25, 0.3) is 11.8 Å². The van der Waals surface area contributed by atoms with E-state index in [-0.39, 0.29) is 18.4 Å². The number of hydrogen-bond donors (Lipinski definition) is 0. The summed E-state index contributed by atoms with van der Waals surface area (Å²) < 4.78 is 9.97. The molecule has 0 spiro atoms. The zero-order valence-electron chi connectivity index (χ0n) is 8.35. The quantitative estimate of drug-likeness (QED) is 0.340. The molecule has 5 nitrogen and oxygen atoms in total. The summed E-state index contributed by atoms with van der Waals surface area (Å²) in [5, 5.41) is 0. The van der Waals surface area contributed by atoms with Gasteiger partial charge in [0.15, 0.2) is 0 Å². The lowest BCUT2D eigenvalue weighted by Gasteiger charge is -2.13. The summed E-state index contributed by atoms with van der Waals surface area (Å²) in [7, 11) is 0. The van der Waals surface area contributed by atoms with Crippen LogP contribution in [0.4, 0.5) is 0 Å². The van der Waals surface area contributed by atoms with Crippen molar-refractivity contribution in [3.63, 3.8) is 0 Å². The zero-order valence-corrected chi connectivity index (χ0v) is 8.35. The Labute approximate surface area is 87.9 Å². The molecule has 15 heavy (non-hydrogen) atoms. The number of nitrogens with zero attached hydrogens (tertiary/aromatic N) is 1. The molecule has 5 heteroatoms. The molecule has 0 N–H and O–H groups in total. The predicted molar refractivity (Wildman–Crippen MR) is 52.8 cm³/mol. The average molecular weight is 211 g/mol. The van der Waals surface area contributed by atoms with Crippen LogP contribution in [0.15, 0.2) is 25.0 Å². The van der Waals surface area contributed by atoms with Crippen LogP contribution in [0.1, 0.15) is 0 Å². The normalized spacial score (nSPS) is 14.8. The van der Waals surface area contributed by atoms with Gasteiger partial charge in [0.2, 0.25) is 0 Å². The Morgan fingerprint density at radius 3 is 2.47 bits per heavy atom. The zero-order chi connectivity index (χ0) is 11.1.